The van der Waals surface area contributed by atoms with Crippen LogP contribution in [-0.4, -0.2) is 59.2 Å². The molecule has 0 aliphatic rings. The molecule has 0 fully saturated rings. The Kier molecular flexibility index (Phi) is 8.92. The summed E-state index contributed by atoms with van der Waals surface area (Å²) in [6.45, 7) is 1.52. The molecule has 1 amide bonds. The first-order chi connectivity index (χ1) is 18.5. The Balaban J connectivity index is 2.08. The normalized spacial score (nSPS) is 11.5. The van der Waals surface area contributed by atoms with E-state index < -0.39 is 68.8 Å². The van der Waals surface area contributed by atoms with Crippen LogP contribution in [0.2, 0.25) is 5.02 Å². The molecule has 0 bridgehead atoms. The Bertz CT molecular complexity index is 1470. The van der Waals surface area contributed by atoms with Gasteiger partial charge < -0.3 is 24.3 Å². The average molecular weight is 576 g/mol. The molecule has 17 heteroatoms. The molecule has 0 aliphatic carbocycles. The monoisotopic (exact) mass is 576 g/mol. The Morgan fingerprint density at radius 2 is 1.60 bits per heavy atom. The van der Waals surface area contributed by atoms with Gasteiger partial charge in [0.1, 0.15) is 40.5 Å². The molecule has 0 unspecified atom stereocenters. The summed E-state index contributed by atoms with van der Waals surface area (Å²) in [6.07, 6.45) is -4.06. The van der Waals surface area contributed by atoms with Crippen LogP contribution >= 0.6 is 11.6 Å². The maximum absolute atomic E-state index is 15.1. The molecule has 6 radical (unpaired) electrons. The van der Waals surface area contributed by atoms with Crippen LogP contribution in [0, 0.1) is 18.6 Å². The molecule has 202 valence electrons. The summed E-state index contributed by atoms with van der Waals surface area (Å²) in [6, 6.07) is 4.38. The average Bonchev–Trinajstić information content (AvgIpc) is 2.84. The van der Waals surface area contributed by atoms with Gasteiger partial charge in [-0.15, -0.1) is 13.2 Å². The molecular formula is C23H13B3ClF5N2O6. The molecule has 0 saturated carbocycles. The summed E-state index contributed by atoms with van der Waals surface area (Å²) in [5.41, 5.74) is -0.633. The summed E-state index contributed by atoms with van der Waals surface area (Å²) >= 11 is 5.84. The van der Waals surface area contributed by atoms with Crippen molar-refractivity contribution in [1.82, 2.24) is 4.98 Å². The van der Waals surface area contributed by atoms with Gasteiger partial charge in [-0.3, -0.25) is 4.79 Å². The lowest BCUT2D eigenvalue weighted by Gasteiger charge is -2.26. The van der Waals surface area contributed by atoms with Crippen LogP contribution in [0.1, 0.15) is 26.4 Å². The minimum absolute atomic E-state index is 0.0219. The molecule has 3 aromatic rings. The number of aryl methyl sites for hydroxylation is 1. The van der Waals surface area contributed by atoms with E-state index in [1.807, 2.05) is 0 Å². The summed E-state index contributed by atoms with van der Waals surface area (Å²) in [7, 11) is 17.0. The van der Waals surface area contributed by atoms with Crippen LogP contribution in [-0.2, 0) is 4.74 Å². The van der Waals surface area contributed by atoms with Gasteiger partial charge in [0.05, 0.1) is 12.1 Å². The largest absolute Gasteiger partial charge is 0.573 e. The van der Waals surface area contributed by atoms with Gasteiger partial charge in [0.15, 0.2) is 23.1 Å². The van der Waals surface area contributed by atoms with E-state index in [1.54, 1.807) is 0 Å². The summed E-state index contributed by atoms with van der Waals surface area (Å²) in [5.74, 6) is -8.93. The Hall–Kier alpha value is -3.94. The molecule has 1 aromatic heterocycles. The number of anilines is 1. The molecule has 1 heterocycles. The molecule has 0 saturated heterocycles. The van der Waals surface area contributed by atoms with E-state index in [2.05, 4.69) is 19.8 Å². The number of hydrogen-bond acceptors (Lipinski definition) is 7. The predicted octanol–water partition coefficient (Wildman–Crippen LogP) is 4.55. The number of rotatable bonds is 8. The highest BCUT2D eigenvalue weighted by Gasteiger charge is 2.34. The number of aromatic nitrogens is 1. The number of halogens is 6. The summed E-state index contributed by atoms with van der Waals surface area (Å²) in [5, 5.41) is -0.791. The summed E-state index contributed by atoms with van der Waals surface area (Å²) in [4.78, 5) is 28.8. The number of ether oxygens (including phenoxy) is 4. The Labute approximate surface area is 232 Å². The van der Waals surface area contributed by atoms with Crippen molar-refractivity contribution >= 4 is 52.7 Å². The van der Waals surface area contributed by atoms with E-state index in [0.29, 0.717) is 11.6 Å². The van der Waals surface area contributed by atoms with Crippen LogP contribution in [0.3, 0.4) is 0 Å². The zero-order valence-corrected chi connectivity index (χ0v) is 21.1. The van der Waals surface area contributed by atoms with Gasteiger partial charge in [0, 0.05) is 11.9 Å². The standard InChI is InChI=1S/C23H13B3ClF5N2O6/c1-9-8-33-12(21(36)37-2)7-11(9)34-20(35)16-13(4-3-10(27)17(16)28)38-15-6-5-14(39-23(30,31)32)18(29)19(15)40-22(24,25)26/h3-8H,1-2H3,(H,33,34,35). The SMILES string of the molecule is [B]C([B])([B])Oc1c(Oc2ccc(Cl)c(F)c2C(=O)Nc2cc(C(=O)OC)ncc2C)ccc(OC(F)(F)F)c1F. The Morgan fingerprint density at radius 3 is 2.20 bits per heavy atom. The number of hydrogen-bond donors (Lipinski definition) is 1. The van der Waals surface area contributed by atoms with E-state index in [-0.39, 0.29) is 11.4 Å². The second-order valence-corrected chi connectivity index (χ2v) is 8.28. The van der Waals surface area contributed by atoms with Crippen molar-refractivity contribution in [3.63, 3.8) is 0 Å². The number of benzene rings is 2. The number of carbonyl (C=O) groups excluding carboxylic acids is 2. The molecule has 0 aliphatic heterocycles. The van der Waals surface area contributed by atoms with E-state index in [9.17, 15) is 27.2 Å². The first-order valence-corrected chi connectivity index (χ1v) is 11.0. The molecule has 8 nitrogen and oxygen atoms in total. The number of nitrogens with one attached hydrogen (secondary N) is 1. The molecule has 2 aromatic carbocycles. The van der Waals surface area contributed by atoms with Crippen molar-refractivity contribution in [2.24, 2.45) is 0 Å². The minimum atomic E-state index is -5.30. The van der Waals surface area contributed by atoms with Crippen LogP contribution in [0.5, 0.6) is 23.0 Å². The third-order valence-corrected chi connectivity index (χ3v) is 5.07. The lowest BCUT2D eigenvalue weighted by Crippen LogP contribution is -2.38. The Morgan fingerprint density at radius 1 is 0.975 bits per heavy atom. The summed E-state index contributed by atoms with van der Waals surface area (Å²) < 4.78 is 86.6. The van der Waals surface area contributed by atoms with Gasteiger partial charge in [-0.05, 0) is 48.1 Å². The quantitative estimate of drug-likeness (QED) is 0.239. The second kappa shape index (κ2) is 11.7. The van der Waals surface area contributed by atoms with Gasteiger partial charge in [0.25, 0.3) is 5.91 Å². The number of amides is 1. The first-order valence-electron chi connectivity index (χ1n) is 10.7. The lowest BCUT2D eigenvalue weighted by atomic mass is 9.52. The minimum Gasteiger partial charge on any atom is -0.510 e. The van der Waals surface area contributed by atoms with Crippen molar-refractivity contribution < 1.29 is 50.5 Å². The zero-order valence-electron chi connectivity index (χ0n) is 20.4. The number of alkyl halides is 3. The van der Waals surface area contributed by atoms with Gasteiger partial charge in [-0.2, -0.15) is 4.39 Å². The number of methoxy groups -OCH3 is 1. The van der Waals surface area contributed by atoms with Crippen LogP contribution in [0.4, 0.5) is 27.6 Å². The van der Waals surface area contributed by atoms with Gasteiger partial charge >= 0.3 is 12.3 Å². The number of esters is 1. The molecular weight excluding hydrogens is 563 g/mol. The van der Waals surface area contributed by atoms with Crippen molar-refractivity contribution in [3.8, 4) is 23.0 Å². The lowest BCUT2D eigenvalue weighted by molar-refractivity contribution is -0.275. The van der Waals surface area contributed by atoms with Gasteiger partial charge in [-0.25, -0.2) is 14.2 Å². The molecule has 0 atom stereocenters. The molecule has 1 N–H and O–H groups in total. The maximum Gasteiger partial charge on any atom is 0.573 e. The second-order valence-electron chi connectivity index (χ2n) is 7.88. The smallest absolute Gasteiger partial charge is 0.510 e. The zero-order chi connectivity index (χ0) is 30.0. The third kappa shape index (κ3) is 7.37. The highest BCUT2D eigenvalue weighted by Crippen LogP contribution is 2.42. The number of carbonyl (C=O) groups is 2. The van der Waals surface area contributed by atoms with Gasteiger partial charge in [0.2, 0.25) is 5.82 Å². The highest BCUT2D eigenvalue weighted by atomic mass is 35.5. The number of nitrogens with zero attached hydrogens (tertiary/aromatic N) is 1. The van der Waals surface area contributed by atoms with Gasteiger partial charge in [-0.1, -0.05) is 11.6 Å². The predicted molar refractivity (Wildman–Crippen MR) is 133 cm³/mol. The molecule has 0 spiro atoms. The van der Waals surface area contributed by atoms with Crippen molar-refractivity contribution in [1.29, 1.82) is 0 Å². The van der Waals surface area contributed by atoms with Crippen LogP contribution in [0.15, 0.2) is 36.5 Å². The van der Waals surface area contributed by atoms with Crippen molar-refractivity contribution in [3.05, 3.63) is 70.0 Å². The van der Waals surface area contributed by atoms with Crippen LogP contribution < -0.4 is 19.5 Å². The van der Waals surface area contributed by atoms with E-state index in [0.717, 1.165) is 31.4 Å². The maximum atomic E-state index is 15.1. The topological polar surface area (TPSA) is 96.0 Å². The van der Waals surface area contributed by atoms with Crippen LogP contribution in [0.25, 0.3) is 0 Å². The fourth-order valence-electron chi connectivity index (χ4n) is 3.08. The molecule has 40 heavy (non-hydrogen) atoms. The van der Waals surface area contributed by atoms with E-state index in [4.69, 9.17) is 44.6 Å². The van der Waals surface area contributed by atoms with Crippen molar-refractivity contribution in [2.75, 3.05) is 12.4 Å². The number of pyridine rings is 1. The fraction of sp³-hybridized carbons (Fsp3) is 0.174. The van der Waals surface area contributed by atoms with E-state index >= 15 is 4.39 Å². The highest BCUT2D eigenvalue weighted by molar-refractivity contribution is 6.58. The van der Waals surface area contributed by atoms with Crippen molar-refractivity contribution in [2.45, 2.75) is 18.6 Å². The first kappa shape index (κ1) is 30.6. The fourth-order valence-corrected chi connectivity index (χ4v) is 3.24. The third-order valence-electron chi connectivity index (χ3n) is 4.78. The molecule has 3 rings (SSSR count). The van der Waals surface area contributed by atoms with E-state index in [1.165, 1.54) is 13.1 Å².